The van der Waals surface area contributed by atoms with Crippen molar-refractivity contribution in [2.75, 3.05) is 20.2 Å². The topological polar surface area (TPSA) is 47.4 Å². The normalized spacial score (nSPS) is 11.2. The maximum atomic E-state index is 11.3. The molecule has 1 aromatic heterocycles. The standard InChI is InChI=1S/C12H21N3O2/c1-5-17-12(16)9-14(4)8-11-6-7-15(13-11)10(2)3/h6-7,10H,5,8-9H2,1-4H3. The second-order valence-electron chi connectivity index (χ2n) is 4.36. The van der Waals surface area contributed by atoms with Crippen molar-refractivity contribution >= 4 is 5.97 Å². The first-order valence-electron chi connectivity index (χ1n) is 5.91. The van der Waals surface area contributed by atoms with E-state index in [4.69, 9.17) is 4.74 Å². The highest BCUT2D eigenvalue weighted by molar-refractivity contribution is 5.71. The maximum absolute atomic E-state index is 11.3. The lowest BCUT2D eigenvalue weighted by Crippen LogP contribution is -2.27. The third-order valence-electron chi connectivity index (χ3n) is 2.33. The molecule has 0 aromatic carbocycles. The van der Waals surface area contributed by atoms with Crippen LogP contribution < -0.4 is 0 Å². The number of carbonyl (C=O) groups is 1. The number of hydrogen-bond donors (Lipinski definition) is 0. The quantitative estimate of drug-likeness (QED) is 0.705. The van der Waals surface area contributed by atoms with E-state index in [1.807, 2.05) is 35.8 Å². The summed E-state index contributed by atoms with van der Waals surface area (Å²) in [7, 11) is 1.88. The average molecular weight is 239 g/mol. The number of aromatic nitrogens is 2. The number of hydrogen-bond acceptors (Lipinski definition) is 4. The van der Waals surface area contributed by atoms with Gasteiger partial charge in [-0.2, -0.15) is 5.10 Å². The number of carbonyl (C=O) groups excluding carboxylic acids is 1. The zero-order chi connectivity index (χ0) is 12.8. The van der Waals surface area contributed by atoms with Crippen LogP contribution in [0.2, 0.25) is 0 Å². The third-order valence-corrected chi connectivity index (χ3v) is 2.33. The van der Waals surface area contributed by atoms with E-state index >= 15 is 0 Å². The van der Waals surface area contributed by atoms with Crippen molar-refractivity contribution < 1.29 is 9.53 Å². The molecule has 0 aliphatic heterocycles. The Morgan fingerprint density at radius 3 is 2.82 bits per heavy atom. The van der Waals surface area contributed by atoms with E-state index in [2.05, 4.69) is 18.9 Å². The maximum Gasteiger partial charge on any atom is 0.320 e. The Balaban J connectivity index is 2.44. The van der Waals surface area contributed by atoms with Crippen molar-refractivity contribution in [3.63, 3.8) is 0 Å². The summed E-state index contributed by atoms with van der Waals surface area (Å²) >= 11 is 0. The van der Waals surface area contributed by atoms with Crippen LogP contribution in [0.15, 0.2) is 12.3 Å². The van der Waals surface area contributed by atoms with Gasteiger partial charge in [0.05, 0.1) is 18.8 Å². The SMILES string of the molecule is CCOC(=O)CN(C)Cc1ccn(C(C)C)n1. The molecule has 0 aliphatic rings. The van der Waals surface area contributed by atoms with E-state index in [0.717, 1.165) is 5.69 Å². The molecule has 0 aliphatic carbocycles. The van der Waals surface area contributed by atoms with Crippen LogP contribution in [-0.4, -0.2) is 40.8 Å². The highest BCUT2D eigenvalue weighted by Gasteiger charge is 2.09. The minimum absolute atomic E-state index is 0.196. The van der Waals surface area contributed by atoms with Crippen LogP contribution in [0.4, 0.5) is 0 Å². The molecule has 0 atom stereocenters. The molecule has 0 N–H and O–H groups in total. The monoisotopic (exact) mass is 239 g/mol. The van der Waals surface area contributed by atoms with Gasteiger partial charge >= 0.3 is 5.97 Å². The van der Waals surface area contributed by atoms with Gasteiger partial charge < -0.3 is 4.74 Å². The number of nitrogens with zero attached hydrogens (tertiary/aromatic N) is 3. The Labute approximate surface area is 102 Å². The summed E-state index contributed by atoms with van der Waals surface area (Å²) in [6.45, 7) is 7.34. The van der Waals surface area contributed by atoms with E-state index < -0.39 is 0 Å². The molecule has 0 spiro atoms. The highest BCUT2D eigenvalue weighted by Crippen LogP contribution is 2.05. The fraction of sp³-hybridized carbons (Fsp3) is 0.667. The van der Waals surface area contributed by atoms with Crippen LogP contribution in [0.5, 0.6) is 0 Å². The predicted molar refractivity (Wildman–Crippen MR) is 65.6 cm³/mol. The fourth-order valence-electron chi connectivity index (χ4n) is 1.51. The predicted octanol–water partition coefficient (Wildman–Crippen LogP) is 1.46. The second-order valence-corrected chi connectivity index (χ2v) is 4.36. The summed E-state index contributed by atoms with van der Waals surface area (Å²) in [4.78, 5) is 13.2. The summed E-state index contributed by atoms with van der Waals surface area (Å²) < 4.78 is 6.80. The Bertz CT molecular complexity index is 360. The molecule has 0 radical (unpaired) electrons. The zero-order valence-electron chi connectivity index (χ0n) is 11.0. The van der Waals surface area contributed by atoms with Crippen molar-refractivity contribution in [2.45, 2.75) is 33.4 Å². The van der Waals surface area contributed by atoms with E-state index in [0.29, 0.717) is 25.7 Å². The van der Waals surface area contributed by atoms with Gasteiger partial charge in [0.2, 0.25) is 0 Å². The molecule has 0 unspecified atom stereocenters. The smallest absolute Gasteiger partial charge is 0.320 e. The second kappa shape index (κ2) is 6.39. The molecule has 1 heterocycles. The van der Waals surface area contributed by atoms with Crippen LogP contribution in [0.1, 0.15) is 32.5 Å². The zero-order valence-corrected chi connectivity index (χ0v) is 11.0. The molecule has 0 amide bonds. The van der Waals surface area contributed by atoms with Gasteiger partial charge in [0.15, 0.2) is 0 Å². The Kier molecular flexibility index (Phi) is 5.15. The van der Waals surface area contributed by atoms with Crippen molar-refractivity contribution in [3.8, 4) is 0 Å². The van der Waals surface area contributed by atoms with E-state index in [1.165, 1.54) is 0 Å². The lowest BCUT2D eigenvalue weighted by Gasteiger charge is -2.13. The summed E-state index contributed by atoms with van der Waals surface area (Å²) in [5.41, 5.74) is 0.963. The largest absolute Gasteiger partial charge is 0.465 e. The molecule has 0 saturated carbocycles. The van der Waals surface area contributed by atoms with Gasteiger partial charge in [-0.1, -0.05) is 0 Å². The average Bonchev–Trinajstić information content (AvgIpc) is 2.66. The van der Waals surface area contributed by atoms with Gasteiger partial charge in [0.1, 0.15) is 0 Å². The van der Waals surface area contributed by atoms with Crippen molar-refractivity contribution in [1.29, 1.82) is 0 Å². The van der Waals surface area contributed by atoms with Gasteiger partial charge in [-0.25, -0.2) is 0 Å². The van der Waals surface area contributed by atoms with E-state index in [9.17, 15) is 4.79 Å². The Morgan fingerprint density at radius 1 is 1.59 bits per heavy atom. The Morgan fingerprint density at radius 2 is 2.29 bits per heavy atom. The molecule has 17 heavy (non-hydrogen) atoms. The van der Waals surface area contributed by atoms with Gasteiger partial charge in [0.25, 0.3) is 0 Å². The number of esters is 1. The van der Waals surface area contributed by atoms with Crippen LogP contribution in [0, 0.1) is 0 Å². The number of ether oxygens (including phenoxy) is 1. The van der Waals surface area contributed by atoms with Crippen molar-refractivity contribution in [1.82, 2.24) is 14.7 Å². The number of likely N-dealkylation sites (N-methyl/N-ethyl adjacent to an activating group) is 1. The lowest BCUT2D eigenvalue weighted by molar-refractivity contribution is -0.144. The molecule has 1 aromatic rings. The third kappa shape index (κ3) is 4.56. The summed E-state index contributed by atoms with van der Waals surface area (Å²) in [5.74, 6) is -0.196. The molecule has 96 valence electrons. The molecule has 0 fully saturated rings. The summed E-state index contributed by atoms with van der Waals surface area (Å²) in [5, 5.41) is 4.43. The molecule has 5 heteroatoms. The molecular weight excluding hydrogens is 218 g/mol. The van der Waals surface area contributed by atoms with Crippen LogP contribution in [0.25, 0.3) is 0 Å². The van der Waals surface area contributed by atoms with Gasteiger partial charge in [-0.05, 0) is 33.9 Å². The lowest BCUT2D eigenvalue weighted by atomic mass is 10.4. The summed E-state index contributed by atoms with van der Waals surface area (Å²) in [6, 6.07) is 2.33. The molecule has 1 rings (SSSR count). The first-order chi connectivity index (χ1) is 8.02. The minimum atomic E-state index is -0.196. The van der Waals surface area contributed by atoms with Gasteiger partial charge in [-0.15, -0.1) is 0 Å². The summed E-state index contributed by atoms with van der Waals surface area (Å²) in [6.07, 6.45) is 1.96. The van der Waals surface area contributed by atoms with Gasteiger partial charge in [-0.3, -0.25) is 14.4 Å². The van der Waals surface area contributed by atoms with Crippen molar-refractivity contribution in [3.05, 3.63) is 18.0 Å². The first-order valence-corrected chi connectivity index (χ1v) is 5.91. The number of rotatable bonds is 6. The molecule has 5 nitrogen and oxygen atoms in total. The Hall–Kier alpha value is -1.36. The highest BCUT2D eigenvalue weighted by atomic mass is 16.5. The van der Waals surface area contributed by atoms with Crippen LogP contribution >= 0.6 is 0 Å². The van der Waals surface area contributed by atoms with Crippen molar-refractivity contribution in [2.24, 2.45) is 0 Å². The fourth-order valence-corrected chi connectivity index (χ4v) is 1.51. The first kappa shape index (κ1) is 13.7. The van der Waals surface area contributed by atoms with E-state index in [-0.39, 0.29) is 5.97 Å². The van der Waals surface area contributed by atoms with Crippen LogP contribution in [0.3, 0.4) is 0 Å². The van der Waals surface area contributed by atoms with Crippen LogP contribution in [-0.2, 0) is 16.1 Å². The molecule has 0 bridgehead atoms. The molecular formula is C12H21N3O2. The molecule has 0 saturated heterocycles. The van der Waals surface area contributed by atoms with Gasteiger partial charge in [0, 0.05) is 18.8 Å². The van der Waals surface area contributed by atoms with E-state index in [1.54, 1.807) is 0 Å². The minimum Gasteiger partial charge on any atom is -0.465 e.